The first-order chi connectivity index (χ1) is 9.92. The van der Waals surface area contributed by atoms with E-state index in [1.165, 1.54) is 0 Å². The Morgan fingerprint density at radius 3 is 2.95 bits per heavy atom. The number of fused-ring (bicyclic) bond motifs is 1. The van der Waals surface area contributed by atoms with Gasteiger partial charge in [0.05, 0.1) is 0 Å². The number of nitrogens with zero attached hydrogens (tertiary/aromatic N) is 6. The van der Waals surface area contributed by atoms with E-state index in [1.807, 2.05) is 36.4 Å². The Bertz CT molecular complexity index is 863. The minimum Gasteiger partial charge on any atom is -0.239 e. The highest BCUT2D eigenvalue weighted by atomic mass is 15.5. The van der Waals surface area contributed by atoms with Crippen molar-refractivity contribution in [2.24, 2.45) is 0 Å². The van der Waals surface area contributed by atoms with Crippen LogP contribution in [0, 0.1) is 6.20 Å². The molecule has 0 fully saturated rings. The van der Waals surface area contributed by atoms with Gasteiger partial charge in [-0.2, -0.15) is 5.10 Å². The number of H-pyrrole nitrogens is 1. The molecule has 4 aromatic rings. The van der Waals surface area contributed by atoms with Gasteiger partial charge in [-0.3, -0.25) is 0 Å². The molecule has 1 radical (unpaired) electrons. The van der Waals surface area contributed by atoms with Crippen molar-refractivity contribution in [3.63, 3.8) is 0 Å². The largest absolute Gasteiger partial charge is 0.239 e. The van der Waals surface area contributed by atoms with Crippen LogP contribution in [-0.2, 0) is 0 Å². The molecule has 0 aliphatic heterocycles. The normalized spacial score (nSPS) is 11.0. The van der Waals surface area contributed by atoms with E-state index in [2.05, 4.69) is 36.9 Å². The maximum Gasteiger partial charge on any atom is 0.179 e. The minimum atomic E-state index is 0.619. The van der Waals surface area contributed by atoms with Gasteiger partial charge >= 0.3 is 0 Å². The molecule has 7 heteroatoms. The molecule has 20 heavy (non-hydrogen) atoms. The summed E-state index contributed by atoms with van der Waals surface area (Å²) in [5.74, 6) is 0.619. The van der Waals surface area contributed by atoms with Gasteiger partial charge in [0.25, 0.3) is 0 Å². The highest BCUT2D eigenvalue weighted by molar-refractivity contribution is 5.68. The summed E-state index contributed by atoms with van der Waals surface area (Å²) in [6.45, 7) is 0. The molecule has 0 amide bonds. The second-order valence-electron chi connectivity index (χ2n) is 4.20. The lowest BCUT2D eigenvalue weighted by Crippen LogP contribution is -1.93. The summed E-state index contributed by atoms with van der Waals surface area (Å²) in [5.41, 5.74) is 3.40. The average molecular weight is 262 g/mol. The monoisotopic (exact) mass is 262 g/mol. The van der Waals surface area contributed by atoms with Gasteiger partial charge in [0, 0.05) is 17.3 Å². The summed E-state index contributed by atoms with van der Waals surface area (Å²) in [6, 6.07) is 11.5. The summed E-state index contributed by atoms with van der Waals surface area (Å²) in [4.78, 5) is 4.21. The van der Waals surface area contributed by atoms with E-state index < -0.39 is 0 Å². The minimum absolute atomic E-state index is 0.619. The molecule has 3 heterocycles. The van der Waals surface area contributed by atoms with Crippen LogP contribution in [0.25, 0.3) is 28.3 Å². The number of hydrogen-bond acceptors (Lipinski definition) is 5. The van der Waals surface area contributed by atoms with Crippen molar-refractivity contribution in [1.82, 2.24) is 35.2 Å². The van der Waals surface area contributed by atoms with Crippen molar-refractivity contribution in [3.8, 4) is 22.6 Å². The van der Waals surface area contributed by atoms with Crippen molar-refractivity contribution in [1.29, 1.82) is 0 Å². The highest BCUT2D eigenvalue weighted by Crippen LogP contribution is 2.23. The second kappa shape index (κ2) is 4.23. The highest BCUT2D eigenvalue weighted by Gasteiger charge is 2.09. The van der Waals surface area contributed by atoms with Gasteiger partial charge in [0.2, 0.25) is 0 Å². The molecular formula is C13H8N7. The van der Waals surface area contributed by atoms with Crippen LogP contribution in [0.5, 0.6) is 0 Å². The summed E-state index contributed by atoms with van der Waals surface area (Å²) < 4.78 is 1.75. The van der Waals surface area contributed by atoms with Crippen LogP contribution in [0.15, 0.2) is 42.6 Å². The number of hydrogen-bond donors (Lipinski definition) is 1. The standard InChI is InChI=1S/C13H8N7/c1-3-9(7-10(4-1)13-16-18-19-17-13)11-8-14-12-5-2-6-15-20(11)12/h1-7H,(H,16,17,18,19). The van der Waals surface area contributed by atoms with Crippen molar-refractivity contribution >= 4 is 5.65 Å². The number of nitrogens with one attached hydrogen (secondary N) is 1. The van der Waals surface area contributed by atoms with E-state index in [0.717, 1.165) is 22.5 Å². The Morgan fingerprint density at radius 2 is 2.05 bits per heavy atom. The number of imidazole rings is 1. The SMILES string of the molecule is [c]1nc2cccnn2c1-c1cccc(-c2nnn[nH]2)c1. The Balaban J connectivity index is 1.88. The third-order valence-electron chi connectivity index (χ3n) is 2.97. The zero-order valence-corrected chi connectivity index (χ0v) is 10.2. The molecule has 0 aliphatic rings. The van der Waals surface area contributed by atoms with Gasteiger partial charge in [0.1, 0.15) is 11.9 Å². The van der Waals surface area contributed by atoms with Gasteiger partial charge in [0.15, 0.2) is 11.5 Å². The molecule has 1 aromatic carbocycles. The van der Waals surface area contributed by atoms with E-state index in [4.69, 9.17) is 0 Å². The second-order valence-corrected chi connectivity index (χ2v) is 4.20. The van der Waals surface area contributed by atoms with Crippen LogP contribution in [0.3, 0.4) is 0 Å². The lowest BCUT2D eigenvalue weighted by molar-refractivity contribution is 0.881. The van der Waals surface area contributed by atoms with Crippen LogP contribution in [-0.4, -0.2) is 35.2 Å². The number of aromatic nitrogens is 7. The first-order valence-electron chi connectivity index (χ1n) is 5.98. The summed E-state index contributed by atoms with van der Waals surface area (Å²) in [7, 11) is 0. The summed E-state index contributed by atoms with van der Waals surface area (Å²) in [5, 5.41) is 18.1. The van der Waals surface area contributed by atoms with E-state index in [0.29, 0.717) is 5.82 Å². The smallest absolute Gasteiger partial charge is 0.179 e. The van der Waals surface area contributed by atoms with Crippen molar-refractivity contribution in [3.05, 3.63) is 48.8 Å². The van der Waals surface area contributed by atoms with Gasteiger partial charge in [-0.1, -0.05) is 18.2 Å². The van der Waals surface area contributed by atoms with E-state index in [9.17, 15) is 0 Å². The van der Waals surface area contributed by atoms with Crippen molar-refractivity contribution in [2.45, 2.75) is 0 Å². The third kappa shape index (κ3) is 1.64. The molecule has 95 valence electrons. The first kappa shape index (κ1) is 10.8. The van der Waals surface area contributed by atoms with Crippen LogP contribution in [0.2, 0.25) is 0 Å². The molecule has 0 saturated carbocycles. The Labute approximate surface area is 113 Å². The lowest BCUT2D eigenvalue weighted by atomic mass is 10.1. The van der Waals surface area contributed by atoms with Gasteiger partial charge in [-0.05, 0) is 28.6 Å². The molecule has 0 spiro atoms. The molecule has 0 unspecified atom stereocenters. The average Bonchev–Trinajstić information content (AvgIpc) is 3.17. The maximum atomic E-state index is 4.28. The first-order valence-corrected chi connectivity index (χ1v) is 5.98. The van der Waals surface area contributed by atoms with Gasteiger partial charge in [-0.25, -0.2) is 14.6 Å². The molecular weight excluding hydrogens is 254 g/mol. The van der Waals surface area contributed by atoms with E-state index in [1.54, 1.807) is 10.7 Å². The number of rotatable bonds is 2. The molecule has 7 nitrogen and oxygen atoms in total. The van der Waals surface area contributed by atoms with E-state index in [-0.39, 0.29) is 0 Å². The zero-order chi connectivity index (χ0) is 13.4. The topological polar surface area (TPSA) is 84.7 Å². The summed E-state index contributed by atoms with van der Waals surface area (Å²) in [6.07, 6.45) is 4.71. The Hall–Kier alpha value is -3.09. The van der Waals surface area contributed by atoms with Crippen LogP contribution in [0.1, 0.15) is 0 Å². The van der Waals surface area contributed by atoms with Crippen LogP contribution in [0.4, 0.5) is 0 Å². The molecule has 0 saturated heterocycles. The molecule has 0 bridgehead atoms. The summed E-state index contributed by atoms with van der Waals surface area (Å²) >= 11 is 0. The fourth-order valence-electron chi connectivity index (χ4n) is 2.06. The molecule has 1 N–H and O–H groups in total. The molecule has 0 aliphatic carbocycles. The Morgan fingerprint density at radius 1 is 1.10 bits per heavy atom. The van der Waals surface area contributed by atoms with E-state index >= 15 is 0 Å². The zero-order valence-electron chi connectivity index (χ0n) is 10.2. The fraction of sp³-hybridized carbons (Fsp3) is 0. The molecule has 4 rings (SSSR count). The molecule has 3 aromatic heterocycles. The molecule has 0 atom stereocenters. The van der Waals surface area contributed by atoms with Crippen molar-refractivity contribution < 1.29 is 0 Å². The predicted octanol–water partition coefficient (Wildman–Crippen LogP) is 1.38. The van der Waals surface area contributed by atoms with Crippen LogP contribution < -0.4 is 0 Å². The predicted molar refractivity (Wildman–Crippen MR) is 70.4 cm³/mol. The Kier molecular flexibility index (Phi) is 2.28. The lowest BCUT2D eigenvalue weighted by Gasteiger charge is -2.02. The number of aromatic amines is 1. The number of tetrazole rings is 1. The fourth-order valence-corrected chi connectivity index (χ4v) is 2.06. The van der Waals surface area contributed by atoms with Gasteiger partial charge in [-0.15, -0.1) is 5.10 Å². The number of benzene rings is 1. The van der Waals surface area contributed by atoms with Crippen molar-refractivity contribution in [2.75, 3.05) is 0 Å². The maximum absolute atomic E-state index is 4.28. The quantitative estimate of drug-likeness (QED) is 0.590. The van der Waals surface area contributed by atoms with Gasteiger partial charge < -0.3 is 0 Å². The van der Waals surface area contributed by atoms with Crippen LogP contribution >= 0.6 is 0 Å². The third-order valence-corrected chi connectivity index (χ3v) is 2.97.